The third kappa shape index (κ3) is 2.75. The fourth-order valence-electron chi connectivity index (χ4n) is 2.65. The van der Waals surface area contributed by atoms with Gasteiger partial charge in [-0.1, -0.05) is 13.0 Å². The second kappa shape index (κ2) is 5.75. The maximum absolute atomic E-state index is 12.3. The number of hydrogen-bond donors (Lipinski definition) is 1. The molecule has 2 heterocycles. The van der Waals surface area contributed by atoms with E-state index in [9.17, 15) is 4.79 Å². The molecule has 0 aromatic carbocycles. The van der Waals surface area contributed by atoms with E-state index < -0.39 is 0 Å². The van der Waals surface area contributed by atoms with E-state index in [1.807, 2.05) is 17.5 Å². The Bertz CT molecular complexity index is 606. The van der Waals surface area contributed by atoms with Crippen molar-refractivity contribution < 1.29 is 4.79 Å². The highest BCUT2D eigenvalue weighted by molar-refractivity contribution is 7.10. The quantitative estimate of drug-likeness (QED) is 0.941. The van der Waals surface area contributed by atoms with Crippen LogP contribution in [0.25, 0.3) is 0 Å². The topological polar surface area (TPSA) is 42.0 Å². The third-order valence-electron chi connectivity index (χ3n) is 3.82. The minimum absolute atomic E-state index is 0.0425. The predicted molar refractivity (Wildman–Crippen MR) is 80.9 cm³/mol. The summed E-state index contributed by atoms with van der Waals surface area (Å²) in [5.41, 5.74) is 3.18. The minimum atomic E-state index is 0.0425. The van der Waals surface area contributed by atoms with Crippen LogP contribution in [0.4, 0.5) is 0 Å². The standard InChI is InChI=1S/C16H18N2OS/c1-11-4-5-13-14(10-20-15(13)7-11)16(19)18-9-12-3-2-6-17-8-12/h2-3,6,8,10-11H,4-5,7,9H2,1H3,(H,18,19)/t11-/m1/s1. The van der Waals surface area contributed by atoms with Gasteiger partial charge in [0.05, 0.1) is 5.56 Å². The van der Waals surface area contributed by atoms with Crippen molar-refractivity contribution in [2.45, 2.75) is 32.7 Å². The number of hydrogen-bond acceptors (Lipinski definition) is 3. The zero-order valence-corrected chi connectivity index (χ0v) is 12.4. The Morgan fingerprint density at radius 1 is 1.55 bits per heavy atom. The number of pyridine rings is 1. The van der Waals surface area contributed by atoms with Crippen molar-refractivity contribution in [3.05, 3.63) is 51.5 Å². The molecule has 0 radical (unpaired) electrons. The van der Waals surface area contributed by atoms with Crippen molar-refractivity contribution in [3.8, 4) is 0 Å². The van der Waals surface area contributed by atoms with E-state index in [2.05, 4.69) is 17.2 Å². The van der Waals surface area contributed by atoms with Gasteiger partial charge in [-0.25, -0.2) is 0 Å². The average Bonchev–Trinajstić information content (AvgIpc) is 2.89. The molecule has 1 aliphatic carbocycles. The van der Waals surface area contributed by atoms with E-state index in [0.717, 1.165) is 29.9 Å². The molecule has 1 aliphatic rings. The molecule has 0 saturated heterocycles. The molecular weight excluding hydrogens is 268 g/mol. The van der Waals surface area contributed by atoms with Crippen LogP contribution in [0.3, 0.4) is 0 Å². The normalized spacial score (nSPS) is 17.6. The van der Waals surface area contributed by atoms with Crippen LogP contribution < -0.4 is 5.32 Å². The van der Waals surface area contributed by atoms with Crippen LogP contribution in [0, 0.1) is 5.92 Å². The van der Waals surface area contributed by atoms with Gasteiger partial charge in [0, 0.05) is 29.2 Å². The molecule has 20 heavy (non-hydrogen) atoms. The van der Waals surface area contributed by atoms with Gasteiger partial charge in [0.2, 0.25) is 0 Å². The van der Waals surface area contributed by atoms with E-state index in [-0.39, 0.29) is 5.91 Å². The van der Waals surface area contributed by atoms with Crippen molar-refractivity contribution in [1.82, 2.24) is 10.3 Å². The molecule has 104 valence electrons. The highest BCUT2D eigenvalue weighted by atomic mass is 32.1. The number of fused-ring (bicyclic) bond motifs is 1. The largest absolute Gasteiger partial charge is 0.348 e. The lowest BCUT2D eigenvalue weighted by molar-refractivity contribution is 0.0950. The summed E-state index contributed by atoms with van der Waals surface area (Å²) in [6, 6.07) is 3.85. The zero-order valence-electron chi connectivity index (χ0n) is 11.6. The van der Waals surface area contributed by atoms with E-state index >= 15 is 0 Å². The molecule has 2 aromatic heterocycles. The van der Waals surface area contributed by atoms with Gasteiger partial charge in [0.1, 0.15) is 0 Å². The number of thiophene rings is 1. The molecule has 0 spiro atoms. The lowest BCUT2D eigenvalue weighted by Gasteiger charge is -2.18. The monoisotopic (exact) mass is 286 g/mol. The summed E-state index contributed by atoms with van der Waals surface area (Å²) in [6.45, 7) is 2.82. The molecule has 0 unspecified atom stereocenters. The lowest BCUT2D eigenvalue weighted by atomic mass is 9.88. The Labute approximate surface area is 123 Å². The van der Waals surface area contributed by atoms with Gasteiger partial charge in [-0.2, -0.15) is 0 Å². The fourth-order valence-corrected chi connectivity index (χ4v) is 3.89. The van der Waals surface area contributed by atoms with Gasteiger partial charge in [-0.3, -0.25) is 9.78 Å². The second-order valence-corrected chi connectivity index (χ2v) is 6.41. The summed E-state index contributed by atoms with van der Waals surface area (Å²) in [4.78, 5) is 17.8. The van der Waals surface area contributed by atoms with Gasteiger partial charge in [-0.15, -0.1) is 11.3 Å². The van der Waals surface area contributed by atoms with Crippen molar-refractivity contribution in [2.75, 3.05) is 0 Å². The molecule has 0 aliphatic heterocycles. The van der Waals surface area contributed by atoms with Crippen LogP contribution in [0.2, 0.25) is 0 Å². The van der Waals surface area contributed by atoms with E-state index in [1.165, 1.54) is 16.9 Å². The number of nitrogens with zero attached hydrogens (tertiary/aromatic N) is 1. The molecule has 0 bridgehead atoms. The smallest absolute Gasteiger partial charge is 0.252 e. The molecule has 2 aromatic rings. The molecular formula is C16H18N2OS. The first-order valence-electron chi connectivity index (χ1n) is 7.00. The predicted octanol–water partition coefficient (Wildman–Crippen LogP) is 3.20. The maximum Gasteiger partial charge on any atom is 0.252 e. The van der Waals surface area contributed by atoms with Crippen molar-refractivity contribution in [1.29, 1.82) is 0 Å². The van der Waals surface area contributed by atoms with Crippen LogP contribution >= 0.6 is 11.3 Å². The van der Waals surface area contributed by atoms with Crippen molar-refractivity contribution in [3.63, 3.8) is 0 Å². The van der Waals surface area contributed by atoms with Crippen molar-refractivity contribution in [2.24, 2.45) is 5.92 Å². The fraction of sp³-hybridized carbons (Fsp3) is 0.375. The highest BCUT2D eigenvalue weighted by Crippen LogP contribution is 2.32. The van der Waals surface area contributed by atoms with Crippen molar-refractivity contribution >= 4 is 17.2 Å². The molecule has 1 amide bonds. The molecule has 0 fully saturated rings. The summed E-state index contributed by atoms with van der Waals surface area (Å²) in [5, 5.41) is 5.01. The number of carbonyl (C=O) groups excluding carboxylic acids is 1. The number of rotatable bonds is 3. The van der Waals surface area contributed by atoms with Gasteiger partial charge in [-0.05, 0) is 42.4 Å². The summed E-state index contributed by atoms with van der Waals surface area (Å²) >= 11 is 1.73. The van der Waals surface area contributed by atoms with E-state index in [4.69, 9.17) is 0 Å². The molecule has 1 atom stereocenters. The molecule has 3 rings (SSSR count). The Morgan fingerprint density at radius 3 is 3.25 bits per heavy atom. The summed E-state index contributed by atoms with van der Waals surface area (Å²) in [7, 11) is 0. The summed E-state index contributed by atoms with van der Waals surface area (Å²) < 4.78 is 0. The molecule has 4 heteroatoms. The number of carbonyl (C=O) groups is 1. The highest BCUT2D eigenvalue weighted by Gasteiger charge is 2.22. The van der Waals surface area contributed by atoms with Crippen LogP contribution in [0.15, 0.2) is 29.9 Å². The first kappa shape index (κ1) is 13.3. The van der Waals surface area contributed by atoms with Crippen LogP contribution in [-0.4, -0.2) is 10.9 Å². The van der Waals surface area contributed by atoms with Gasteiger partial charge >= 0.3 is 0 Å². The Hall–Kier alpha value is -1.68. The maximum atomic E-state index is 12.3. The second-order valence-electron chi connectivity index (χ2n) is 5.44. The molecule has 3 nitrogen and oxygen atoms in total. The van der Waals surface area contributed by atoms with E-state index in [1.54, 1.807) is 23.7 Å². The SMILES string of the molecule is C[C@@H]1CCc2c(C(=O)NCc3cccnc3)csc2C1. The van der Waals surface area contributed by atoms with Crippen LogP contribution in [-0.2, 0) is 19.4 Å². The first-order chi connectivity index (χ1) is 9.74. The van der Waals surface area contributed by atoms with Gasteiger partial charge in [0.25, 0.3) is 5.91 Å². The summed E-state index contributed by atoms with van der Waals surface area (Å²) in [5.74, 6) is 0.786. The Kier molecular flexibility index (Phi) is 3.83. The summed E-state index contributed by atoms with van der Waals surface area (Å²) in [6.07, 6.45) is 6.87. The molecule has 0 saturated carbocycles. The number of amides is 1. The first-order valence-corrected chi connectivity index (χ1v) is 7.88. The molecule has 1 N–H and O–H groups in total. The Morgan fingerprint density at radius 2 is 2.45 bits per heavy atom. The van der Waals surface area contributed by atoms with E-state index in [0.29, 0.717) is 6.54 Å². The van der Waals surface area contributed by atoms with Crippen LogP contribution in [0.1, 0.15) is 39.7 Å². The number of nitrogens with one attached hydrogen (secondary N) is 1. The van der Waals surface area contributed by atoms with Gasteiger partial charge < -0.3 is 5.32 Å². The Balaban J connectivity index is 1.69. The average molecular weight is 286 g/mol. The minimum Gasteiger partial charge on any atom is -0.348 e. The van der Waals surface area contributed by atoms with Crippen LogP contribution in [0.5, 0.6) is 0 Å². The third-order valence-corrected chi connectivity index (χ3v) is 4.87. The van der Waals surface area contributed by atoms with Gasteiger partial charge in [0.15, 0.2) is 0 Å². The lowest BCUT2D eigenvalue weighted by Crippen LogP contribution is -2.24. The zero-order chi connectivity index (χ0) is 13.9. The number of aromatic nitrogens is 1.